The van der Waals surface area contributed by atoms with Crippen LogP contribution in [0.2, 0.25) is 0 Å². The van der Waals surface area contributed by atoms with Gasteiger partial charge in [-0.2, -0.15) is 0 Å². The number of methoxy groups -OCH3 is 1. The lowest BCUT2D eigenvalue weighted by molar-refractivity contribution is -0.109. The summed E-state index contributed by atoms with van der Waals surface area (Å²) in [6.45, 7) is 4.52. The summed E-state index contributed by atoms with van der Waals surface area (Å²) in [4.78, 5) is 10.8. The van der Waals surface area contributed by atoms with Gasteiger partial charge in [-0.15, -0.1) is 0 Å². The van der Waals surface area contributed by atoms with Crippen LogP contribution in [-0.4, -0.2) is 24.1 Å². The van der Waals surface area contributed by atoms with E-state index in [1.807, 2.05) is 0 Å². The second-order valence-electron chi connectivity index (χ2n) is 2.80. The summed E-state index contributed by atoms with van der Waals surface area (Å²) in [5.41, 5.74) is 0. The maximum atomic E-state index is 10.8. The topological polar surface area (TPSA) is 26.3 Å². The second-order valence-corrected chi connectivity index (χ2v) is 4.28. The molecule has 0 N–H and O–H groups in total. The van der Waals surface area contributed by atoms with Crippen LogP contribution in [0.5, 0.6) is 0 Å². The van der Waals surface area contributed by atoms with E-state index in [0.717, 1.165) is 25.9 Å². The van der Waals surface area contributed by atoms with Gasteiger partial charge in [-0.25, -0.2) is 0 Å². The standard InChI is InChI=1S/C9H18O2S/c1-4-5-9(6-7-11-3)12-8(2)10/h9H,4-7H2,1-3H3/t9-/m0/s1. The van der Waals surface area contributed by atoms with E-state index in [1.165, 1.54) is 11.8 Å². The molecular formula is C9H18O2S. The molecular weight excluding hydrogens is 172 g/mol. The van der Waals surface area contributed by atoms with Crippen LogP contribution < -0.4 is 0 Å². The smallest absolute Gasteiger partial charge is 0.186 e. The molecule has 12 heavy (non-hydrogen) atoms. The summed E-state index contributed by atoms with van der Waals surface area (Å²) in [5, 5.41) is 0.664. The third-order valence-corrected chi connectivity index (χ3v) is 2.72. The molecule has 3 heteroatoms. The van der Waals surface area contributed by atoms with Crippen LogP contribution in [0.4, 0.5) is 0 Å². The lowest BCUT2D eigenvalue weighted by Gasteiger charge is -2.12. The number of thioether (sulfide) groups is 1. The van der Waals surface area contributed by atoms with Gasteiger partial charge in [-0.1, -0.05) is 25.1 Å². The molecule has 0 aromatic carbocycles. The number of hydrogen-bond acceptors (Lipinski definition) is 3. The van der Waals surface area contributed by atoms with Crippen LogP contribution in [0.25, 0.3) is 0 Å². The number of hydrogen-bond donors (Lipinski definition) is 0. The minimum Gasteiger partial charge on any atom is -0.385 e. The van der Waals surface area contributed by atoms with Crippen LogP contribution >= 0.6 is 11.8 Å². The van der Waals surface area contributed by atoms with E-state index in [4.69, 9.17) is 4.74 Å². The Labute approximate surface area is 79.1 Å². The summed E-state index contributed by atoms with van der Waals surface area (Å²) in [6, 6.07) is 0. The van der Waals surface area contributed by atoms with Crippen molar-refractivity contribution in [3.8, 4) is 0 Å². The van der Waals surface area contributed by atoms with Gasteiger partial charge in [0.05, 0.1) is 0 Å². The van der Waals surface area contributed by atoms with Crippen molar-refractivity contribution in [1.82, 2.24) is 0 Å². The summed E-state index contributed by atoms with van der Waals surface area (Å²) in [6.07, 6.45) is 3.22. The molecule has 0 radical (unpaired) electrons. The molecule has 0 fully saturated rings. The van der Waals surface area contributed by atoms with Gasteiger partial charge >= 0.3 is 0 Å². The Balaban J connectivity index is 3.61. The van der Waals surface area contributed by atoms with Crippen LogP contribution in [-0.2, 0) is 9.53 Å². The highest BCUT2D eigenvalue weighted by Gasteiger charge is 2.10. The van der Waals surface area contributed by atoms with Crippen molar-refractivity contribution in [3.05, 3.63) is 0 Å². The summed E-state index contributed by atoms with van der Waals surface area (Å²) >= 11 is 1.45. The number of ether oxygens (including phenoxy) is 1. The maximum Gasteiger partial charge on any atom is 0.186 e. The average Bonchev–Trinajstić information content (AvgIpc) is 2.00. The first-order valence-electron chi connectivity index (χ1n) is 4.36. The zero-order valence-corrected chi connectivity index (χ0v) is 8.95. The van der Waals surface area contributed by atoms with Crippen LogP contribution in [0.3, 0.4) is 0 Å². The molecule has 0 saturated heterocycles. The molecule has 72 valence electrons. The Kier molecular flexibility index (Phi) is 7.61. The molecule has 0 saturated carbocycles. The molecule has 1 atom stereocenters. The number of carbonyl (C=O) groups is 1. The first-order chi connectivity index (χ1) is 5.70. The molecule has 0 aliphatic carbocycles. The fraction of sp³-hybridized carbons (Fsp3) is 0.889. The van der Waals surface area contributed by atoms with E-state index in [2.05, 4.69) is 6.92 Å². The molecule has 0 aliphatic rings. The number of rotatable bonds is 6. The van der Waals surface area contributed by atoms with Gasteiger partial charge in [0.2, 0.25) is 0 Å². The van der Waals surface area contributed by atoms with Crippen LogP contribution in [0.1, 0.15) is 33.1 Å². The highest BCUT2D eigenvalue weighted by Crippen LogP contribution is 2.20. The predicted octanol–water partition coefficient (Wildman–Crippen LogP) is 2.47. The van der Waals surface area contributed by atoms with E-state index in [-0.39, 0.29) is 5.12 Å². The maximum absolute atomic E-state index is 10.8. The molecule has 0 heterocycles. The van der Waals surface area contributed by atoms with E-state index >= 15 is 0 Å². The van der Waals surface area contributed by atoms with Crippen molar-refractivity contribution in [2.24, 2.45) is 0 Å². The minimum atomic E-state index is 0.213. The summed E-state index contributed by atoms with van der Waals surface area (Å²) in [5.74, 6) is 0. The molecule has 0 unspecified atom stereocenters. The van der Waals surface area contributed by atoms with Crippen molar-refractivity contribution in [2.75, 3.05) is 13.7 Å². The fourth-order valence-electron chi connectivity index (χ4n) is 1.07. The lowest BCUT2D eigenvalue weighted by atomic mass is 10.2. The minimum absolute atomic E-state index is 0.213. The lowest BCUT2D eigenvalue weighted by Crippen LogP contribution is -2.08. The first kappa shape index (κ1) is 12.0. The van der Waals surface area contributed by atoms with E-state index < -0.39 is 0 Å². The quantitative estimate of drug-likeness (QED) is 0.643. The molecule has 0 bridgehead atoms. The Morgan fingerprint density at radius 1 is 1.50 bits per heavy atom. The normalized spacial score (nSPS) is 12.9. The average molecular weight is 190 g/mol. The van der Waals surface area contributed by atoms with E-state index in [0.29, 0.717) is 5.25 Å². The van der Waals surface area contributed by atoms with Crippen molar-refractivity contribution in [1.29, 1.82) is 0 Å². The van der Waals surface area contributed by atoms with Crippen molar-refractivity contribution in [2.45, 2.75) is 38.4 Å². The second kappa shape index (κ2) is 7.62. The third kappa shape index (κ3) is 6.68. The van der Waals surface area contributed by atoms with Crippen LogP contribution in [0, 0.1) is 0 Å². The highest BCUT2D eigenvalue weighted by atomic mass is 32.2. The Hall–Kier alpha value is -0.0200. The Morgan fingerprint density at radius 2 is 2.17 bits per heavy atom. The van der Waals surface area contributed by atoms with Crippen molar-refractivity contribution in [3.63, 3.8) is 0 Å². The van der Waals surface area contributed by atoms with Gasteiger partial charge in [0.1, 0.15) is 0 Å². The monoisotopic (exact) mass is 190 g/mol. The Bertz CT molecular complexity index is 126. The predicted molar refractivity (Wildman–Crippen MR) is 53.5 cm³/mol. The number of carbonyl (C=O) groups excluding carboxylic acids is 1. The van der Waals surface area contributed by atoms with Gasteiger partial charge in [-0.05, 0) is 12.8 Å². The molecule has 0 aromatic heterocycles. The van der Waals surface area contributed by atoms with Crippen molar-refractivity contribution >= 4 is 16.9 Å². The van der Waals surface area contributed by atoms with Gasteiger partial charge in [-0.3, -0.25) is 4.79 Å². The van der Waals surface area contributed by atoms with Gasteiger partial charge < -0.3 is 4.74 Å². The third-order valence-electron chi connectivity index (χ3n) is 1.59. The SMILES string of the molecule is CCC[C@@H](CCOC)SC(C)=O. The molecule has 2 nitrogen and oxygen atoms in total. The van der Waals surface area contributed by atoms with Gasteiger partial charge in [0, 0.05) is 25.9 Å². The molecule has 0 spiro atoms. The van der Waals surface area contributed by atoms with E-state index in [1.54, 1.807) is 14.0 Å². The summed E-state index contributed by atoms with van der Waals surface area (Å²) in [7, 11) is 1.70. The van der Waals surface area contributed by atoms with Gasteiger partial charge in [0.15, 0.2) is 5.12 Å². The first-order valence-corrected chi connectivity index (χ1v) is 5.24. The highest BCUT2D eigenvalue weighted by molar-refractivity contribution is 8.14. The zero-order valence-electron chi connectivity index (χ0n) is 8.13. The van der Waals surface area contributed by atoms with Crippen molar-refractivity contribution < 1.29 is 9.53 Å². The van der Waals surface area contributed by atoms with E-state index in [9.17, 15) is 4.79 Å². The van der Waals surface area contributed by atoms with Crippen LogP contribution in [0.15, 0.2) is 0 Å². The largest absolute Gasteiger partial charge is 0.385 e. The zero-order chi connectivity index (χ0) is 9.40. The molecule has 0 amide bonds. The Morgan fingerprint density at radius 3 is 2.58 bits per heavy atom. The fourth-order valence-corrected chi connectivity index (χ4v) is 2.11. The molecule has 0 aliphatic heterocycles. The molecule has 0 rings (SSSR count). The van der Waals surface area contributed by atoms with Gasteiger partial charge in [0.25, 0.3) is 0 Å². The molecule has 0 aromatic rings. The summed E-state index contributed by atoms with van der Waals surface area (Å²) < 4.78 is 4.98.